The zero-order chi connectivity index (χ0) is 20.3. The number of anilines is 1. The van der Waals surface area contributed by atoms with E-state index in [4.69, 9.17) is 11.6 Å². The Kier molecular flexibility index (Phi) is 5.32. The highest BCUT2D eigenvalue weighted by Gasteiger charge is 2.51. The summed E-state index contributed by atoms with van der Waals surface area (Å²) >= 11 is 6.09. The Morgan fingerprint density at radius 3 is 2.55 bits per heavy atom. The number of carbonyl (C=O) groups is 2. The number of pyridine rings is 1. The second-order valence-electron chi connectivity index (χ2n) is 7.13. The van der Waals surface area contributed by atoms with Crippen molar-refractivity contribution in [1.29, 1.82) is 0 Å². The van der Waals surface area contributed by atoms with Crippen LogP contribution in [-0.4, -0.2) is 16.8 Å². The third-order valence-corrected chi connectivity index (χ3v) is 5.34. The smallest absolute Gasteiger partial charge is 0.251 e. The van der Waals surface area contributed by atoms with E-state index in [0.29, 0.717) is 22.8 Å². The normalized spacial score (nSPS) is 14.1. The molecule has 1 heterocycles. The van der Waals surface area contributed by atoms with E-state index in [1.165, 1.54) is 0 Å². The first-order valence-corrected chi connectivity index (χ1v) is 9.80. The van der Waals surface area contributed by atoms with Crippen molar-refractivity contribution in [2.75, 3.05) is 5.32 Å². The number of rotatable bonds is 6. The average Bonchev–Trinajstić information content (AvgIpc) is 3.55. The van der Waals surface area contributed by atoms with Crippen LogP contribution in [-0.2, 0) is 16.8 Å². The number of nitrogens with one attached hydrogen (secondary N) is 2. The highest BCUT2D eigenvalue weighted by Crippen LogP contribution is 2.49. The van der Waals surface area contributed by atoms with Crippen LogP contribution in [0.15, 0.2) is 72.9 Å². The topological polar surface area (TPSA) is 71.1 Å². The summed E-state index contributed by atoms with van der Waals surface area (Å²) in [6.07, 6.45) is 3.25. The molecule has 3 aromatic rings. The number of amides is 2. The van der Waals surface area contributed by atoms with E-state index < -0.39 is 5.41 Å². The minimum Gasteiger partial charge on any atom is -0.346 e. The van der Waals surface area contributed by atoms with Gasteiger partial charge in [0.25, 0.3) is 5.91 Å². The molecule has 5 nitrogen and oxygen atoms in total. The molecule has 29 heavy (non-hydrogen) atoms. The lowest BCUT2D eigenvalue weighted by atomic mass is 9.95. The molecular weight excluding hydrogens is 386 g/mol. The summed E-state index contributed by atoms with van der Waals surface area (Å²) in [5, 5.41) is 6.42. The van der Waals surface area contributed by atoms with Gasteiger partial charge in [-0.2, -0.15) is 0 Å². The first-order valence-electron chi connectivity index (χ1n) is 9.42. The van der Waals surface area contributed by atoms with Crippen molar-refractivity contribution in [2.24, 2.45) is 0 Å². The summed E-state index contributed by atoms with van der Waals surface area (Å²) in [4.78, 5) is 29.6. The fourth-order valence-electron chi connectivity index (χ4n) is 3.32. The highest BCUT2D eigenvalue weighted by atomic mass is 35.5. The molecule has 0 bridgehead atoms. The van der Waals surface area contributed by atoms with Gasteiger partial charge < -0.3 is 10.6 Å². The Morgan fingerprint density at radius 2 is 1.83 bits per heavy atom. The Morgan fingerprint density at radius 1 is 1.00 bits per heavy atom. The van der Waals surface area contributed by atoms with Crippen molar-refractivity contribution in [3.05, 3.63) is 94.8 Å². The second kappa shape index (κ2) is 8.05. The maximum atomic E-state index is 12.9. The summed E-state index contributed by atoms with van der Waals surface area (Å²) in [6, 6.07) is 19.9. The molecule has 4 rings (SSSR count). The third kappa shape index (κ3) is 4.30. The lowest BCUT2D eigenvalue weighted by Crippen LogP contribution is -2.28. The standard InChI is InChI=1S/C23H20ClN3O2/c24-18-7-4-6-17(14-18)23(10-11-23)22(29)27-19-9-3-5-16(13-19)21(28)26-15-20-8-1-2-12-25-20/h1-9,12-14H,10-11,15H2,(H,26,28)(H,27,29). The van der Waals surface area contributed by atoms with Crippen LogP contribution in [0.2, 0.25) is 5.02 Å². The molecule has 0 radical (unpaired) electrons. The van der Waals surface area contributed by atoms with E-state index in [2.05, 4.69) is 15.6 Å². The Balaban J connectivity index is 1.43. The Bertz CT molecular complexity index is 1050. The lowest BCUT2D eigenvalue weighted by molar-refractivity contribution is -0.118. The number of hydrogen-bond acceptors (Lipinski definition) is 3. The minimum absolute atomic E-state index is 0.0780. The van der Waals surface area contributed by atoms with Crippen molar-refractivity contribution in [1.82, 2.24) is 10.3 Å². The molecule has 146 valence electrons. The van der Waals surface area contributed by atoms with Crippen LogP contribution in [0.5, 0.6) is 0 Å². The summed E-state index contributed by atoms with van der Waals surface area (Å²) < 4.78 is 0. The van der Waals surface area contributed by atoms with Gasteiger partial charge in [0.15, 0.2) is 0 Å². The molecule has 2 aromatic carbocycles. The maximum absolute atomic E-state index is 12.9. The number of benzene rings is 2. The molecule has 6 heteroatoms. The van der Waals surface area contributed by atoms with E-state index in [1.54, 1.807) is 36.5 Å². The van der Waals surface area contributed by atoms with E-state index >= 15 is 0 Å². The molecule has 1 aromatic heterocycles. The van der Waals surface area contributed by atoms with Gasteiger partial charge in [0.2, 0.25) is 5.91 Å². The predicted octanol–water partition coefficient (Wildman–Crippen LogP) is 4.34. The van der Waals surface area contributed by atoms with Crippen LogP contribution in [0.4, 0.5) is 5.69 Å². The molecule has 0 spiro atoms. The zero-order valence-electron chi connectivity index (χ0n) is 15.7. The number of hydrogen-bond donors (Lipinski definition) is 2. The molecule has 1 saturated carbocycles. The van der Waals surface area contributed by atoms with Crippen molar-refractivity contribution < 1.29 is 9.59 Å². The van der Waals surface area contributed by atoms with Crippen molar-refractivity contribution >= 4 is 29.1 Å². The molecule has 1 fully saturated rings. The lowest BCUT2D eigenvalue weighted by Gasteiger charge is -2.16. The SMILES string of the molecule is O=C(NCc1ccccn1)c1cccc(NC(=O)C2(c3cccc(Cl)c3)CC2)c1. The summed E-state index contributed by atoms with van der Waals surface area (Å²) in [6.45, 7) is 0.341. The molecule has 2 N–H and O–H groups in total. The summed E-state index contributed by atoms with van der Waals surface area (Å²) in [5.74, 6) is -0.298. The van der Waals surface area contributed by atoms with Crippen LogP contribution >= 0.6 is 11.6 Å². The quantitative estimate of drug-likeness (QED) is 0.641. The van der Waals surface area contributed by atoms with Gasteiger partial charge in [-0.1, -0.05) is 35.9 Å². The van der Waals surface area contributed by atoms with E-state index in [9.17, 15) is 9.59 Å². The van der Waals surface area contributed by atoms with Crippen LogP contribution in [0.1, 0.15) is 34.5 Å². The zero-order valence-corrected chi connectivity index (χ0v) is 16.4. The Labute approximate surface area is 174 Å². The minimum atomic E-state index is -0.540. The second-order valence-corrected chi connectivity index (χ2v) is 7.57. The van der Waals surface area contributed by atoms with Crippen LogP contribution in [0.25, 0.3) is 0 Å². The number of aromatic nitrogens is 1. The molecule has 2 amide bonds. The Hall–Kier alpha value is -3.18. The fraction of sp³-hybridized carbons (Fsp3) is 0.174. The number of nitrogens with zero attached hydrogens (tertiary/aromatic N) is 1. The van der Waals surface area contributed by atoms with E-state index in [1.807, 2.05) is 36.4 Å². The molecule has 1 aliphatic rings. The van der Waals surface area contributed by atoms with Crippen LogP contribution in [0, 0.1) is 0 Å². The monoisotopic (exact) mass is 405 g/mol. The first-order chi connectivity index (χ1) is 14.1. The number of carbonyl (C=O) groups excluding carboxylic acids is 2. The van der Waals surface area contributed by atoms with Crippen molar-refractivity contribution in [3.8, 4) is 0 Å². The van der Waals surface area contributed by atoms with Gasteiger partial charge in [0.1, 0.15) is 0 Å². The fourth-order valence-corrected chi connectivity index (χ4v) is 3.51. The molecule has 1 aliphatic carbocycles. The number of halogens is 1. The molecule has 0 aliphatic heterocycles. The van der Waals surface area contributed by atoms with Gasteiger partial charge in [-0.3, -0.25) is 14.6 Å². The van der Waals surface area contributed by atoms with E-state index in [-0.39, 0.29) is 11.8 Å². The van der Waals surface area contributed by atoms with Gasteiger partial charge in [0.05, 0.1) is 17.7 Å². The summed E-state index contributed by atoms with van der Waals surface area (Å²) in [5.41, 5.74) is 2.23. The first kappa shape index (κ1) is 19.2. The van der Waals surface area contributed by atoms with Gasteiger partial charge in [-0.15, -0.1) is 0 Å². The predicted molar refractivity (Wildman–Crippen MR) is 113 cm³/mol. The van der Waals surface area contributed by atoms with Crippen molar-refractivity contribution in [3.63, 3.8) is 0 Å². The molecule has 0 atom stereocenters. The van der Waals surface area contributed by atoms with Gasteiger partial charge in [0, 0.05) is 22.5 Å². The highest BCUT2D eigenvalue weighted by molar-refractivity contribution is 6.30. The summed E-state index contributed by atoms with van der Waals surface area (Å²) in [7, 11) is 0. The van der Waals surface area contributed by atoms with Crippen LogP contribution in [0.3, 0.4) is 0 Å². The van der Waals surface area contributed by atoms with Crippen molar-refractivity contribution in [2.45, 2.75) is 24.8 Å². The molecule has 0 saturated heterocycles. The third-order valence-electron chi connectivity index (χ3n) is 5.10. The maximum Gasteiger partial charge on any atom is 0.251 e. The van der Waals surface area contributed by atoms with Gasteiger partial charge >= 0.3 is 0 Å². The van der Waals surface area contributed by atoms with Crippen LogP contribution < -0.4 is 10.6 Å². The largest absolute Gasteiger partial charge is 0.346 e. The average molecular weight is 406 g/mol. The molecule has 0 unspecified atom stereocenters. The molecular formula is C23H20ClN3O2. The van der Waals surface area contributed by atoms with Gasteiger partial charge in [-0.05, 0) is 60.9 Å². The van der Waals surface area contributed by atoms with Gasteiger partial charge in [-0.25, -0.2) is 0 Å². The van der Waals surface area contributed by atoms with E-state index in [0.717, 1.165) is 24.1 Å².